The van der Waals surface area contributed by atoms with Crippen LogP contribution in [0, 0.1) is 10.1 Å². The van der Waals surface area contributed by atoms with Gasteiger partial charge in [0.15, 0.2) is 6.10 Å². The highest BCUT2D eigenvalue weighted by Gasteiger charge is 2.19. The summed E-state index contributed by atoms with van der Waals surface area (Å²) in [5, 5.41) is 13.3. The summed E-state index contributed by atoms with van der Waals surface area (Å²) in [4.78, 5) is 45.7. The molecular formula is C20H20N2O7. The molecule has 1 atom stereocenters. The molecule has 0 bridgehead atoms. The van der Waals surface area contributed by atoms with Crippen LogP contribution in [-0.4, -0.2) is 28.7 Å². The van der Waals surface area contributed by atoms with Crippen molar-refractivity contribution in [2.75, 3.05) is 5.32 Å². The van der Waals surface area contributed by atoms with Crippen LogP contribution in [0.2, 0.25) is 0 Å². The lowest BCUT2D eigenvalue weighted by atomic mass is 10.1. The molecule has 0 saturated heterocycles. The van der Waals surface area contributed by atoms with Crippen molar-refractivity contribution in [2.24, 2.45) is 0 Å². The molecule has 9 nitrogen and oxygen atoms in total. The van der Waals surface area contributed by atoms with Gasteiger partial charge in [0.1, 0.15) is 10.7 Å². The predicted molar refractivity (Wildman–Crippen MR) is 104 cm³/mol. The number of Topliss-reactive ketones (excluding diaryl/α,β-unsaturated/α-hetero) is 1. The molecule has 2 rings (SSSR count). The van der Waals surface area contributed by atoms with E-state index in [-0.39, 0.29) is 11.7 Å². The van der Waals surface area contributed by atoms with E-state index in [1.807, 2.05) is 6.92 Å². The summed E-state index contributed by atoms with van der Waals surface area (Å²) in [7, 11) is 0. The molecule has 1 aromatic carbocycles. The minimum atomic E-state index is -1.04. The zero-order valence-electron chi connectivity index (χ0n) is 15.9. The van der Waals surface area contributed by atoms with Gasteiger partial charge in [-0.15, -0.1) is 0 Å². The van der Waals surface area contributed by atoms with Gasteiger partial charge < -0.3 is 14.5 Å². The minimum Gasteiger partial charge on any atom is -0.451 e. The van der Waals surface area contributed by atoms with E-state index in [2.05, 4.69) is 5.32 Å². The molecule has 0 radical (unpaired) electrons. The average molecular weight is 400 g/mol. The lowest BCUT2D eigenvalue weighted by Crippen LogP contribution is -2.23. The number of nitrogens with zero attached hydrogens (tertiary/aromatic N) is 1. The van der Waals surface area contributed by atoms with Gasteiger partial charge in [0, 0.05) is 23.7 Å². The average Bonchev–Trinajstić information content (AvgIpc) is 3.16. The monoisotopic (exact) mass is 400 g/mol. The van der Waals surface area contributed by atoms with Gasteiger partial charge in [0.25, 0.3) is 0 Å². The number of rotatable bonds is 9. The third-order valence-corrected chi connectivity index (χ3v) is 3.77. The van der Waals surface area contributed by atoms with Crippen molar-refractivity contribution in [3.63, 3.8) is 0 Å². The Morgan fingerprint density at radius 3 is 2.48 bits per heavy atom. The lowest BCUT2D eigenvalue weighted by molar-refractivity contribution is -0.402. The first-order valence-electron chi connectivity index (χ1n) is 8.87. The number of benzene rings is 1. The van der Waals surface area contributed by atoms with E-state index in [9.17, 15) is 24.5 Å². The second-order valence-corrected chi connectivity index (χ2v) is 6.09. The van der Waals surface area contributed by atoms with Crippen molar-refractivity contribution in [2.45, 2.75) is 32.8 Å². The molecular weight excluding hydrogens is 380 g/mol. The van der Waals surface area contributed by atoms with Gasteiger partial charge in [0.2, 0.25) is 11.7 Å². The van der Waals surface area contributed by atoms with Gasteiger partial charge in [-0.1, -0.05) is 6.92 Å². The number of nitrogens with one attached hydrogen (secondary N) is 1. The largest absolute Gasteiger partial charge is 0.451 e. The maximum absolute atomic E-state index is 12.4. The van der Waals surface area contributed by atoms with Gasteiger partial charge >= 0.3 is 11.9 Å². The predicted octanol–water partition coefficient (Wildman–Crippen LogP) is 3.75. The quantitative estimate of drug-likeness (QED) is 0.223. The number of hydrogen-bond acceptors (Lipinski definition) is 7. The first kappa shape index (κ1) is 21.5. The van der Waals surface area contributed by atoms with Crippen LogP contribution in [0.3, 0.4) is 0 Å². The number of ketones is 1. The van der Waals surface area contributed by atoms with Gasteiger partial charge in [-0.25, -0.2) is 4.79 Å². The van der Waals surface area contributed by atoms with Crippen LogP contribution in [0.1, 0.15) is 42.8 Å². The Balaban J connectivity index is 1.91. The van der Waals surface area contributed by atoms with Crippen LogP contribution in [0.4, 0.5) is 11.6 Å². The Labute approximate surface area is 166 Å². The summed E-state index contributed by atoms with van der Waals surface area (Å²) in [6.45, 7) is 3.33. The van der Waals surface area contributed by atoms with Crippen LogP contribution >= 0.6 is 0 Å². The molecule has 0 saturated carbocycles. The molecule has 1 N–H and O–H groups in total. The maximum atomic E-state index is 12.4. The van der Waals surface area contributed by atoms with Crippen LogP contribution in [-0.2, 0) is 14.3 Å². The number of nitro groups is 1. The van der Waals surface area contributed by atoms with Crippen LogP contribution in [0.15, 0.2) is 46.9 Å². The highest BCUT2D eigenvalue weighted by molar-refractivity contribution is 6.01. The van der Waals surface area contributed by atoms with E-state index in [0.29, 0.717) is 17.7 Å². The van der Waals surface area contributed by atoms with Crippen molar-refractivity contribution >= 4 is 35.3 Å². The molecule has 9 heteroatoms. The molecule has 0 fully saturated rings. The van der Waals surface area contributed by atoms with Gasteiger partial charge in [-0.3, -0.25) is 19.7 Å². The normalized spacial score (nSPS) is 11.8. The Bertz CT molecular complexity index is 929. The number of anilines is 1. The number of esters is 1. The van der Waals surface area contributed by atoms with Gasteiger partial charge in [-0.2, -0.15) is 0 Å². The number of amides is 1. The second-order valence-electron chi connectivity index (χ2n) is 6.09. The van der Waals surface area contributed by atoms with E-state index in [0.717, 1.165) is 18.6 Å². The van der Waals surface area contributed by atoms with Crippen molar-refractivity contribution in [3.8, 4) is 0 Å². The summed E-state index contributed by atoms with van der Waals surface area (Å²) < 4.78 is 9.93. The SMILES string of the molecule is CCCC(=O)Nc1ccc(C(=O)[C@@H](C)OC(=O)/C=C/c2ccc([N+](=O)[O-])o2)cc1. The fourth-order valence-corrected chi connectivity index (χ4v) is 2.35. The third kappa shape index (κ3) is 6.42. The Morgan fingerprint density at radius 2 is 1.90 bits per heavy atom. The molecule has 29 heavy (non-hydrogen) atoms. The molecule has 0 unspecified atom stereocenters. The van der Waals surface area contributed by atoms with E-state index >= 15 is 0 Å². The molecule has 1 heterocycles. The minimum absolute atomic E-state index is 0.105. The first-order valence-corrected chi connectivity index (χ1v) is 8.87. The number of furan rings is 1. The van der Waals surface area contributed by atoms with Gasteiger partial charge in [0.05, 0.1) is 6.07 Å². The Morgan fingerprint density at radius 1 is 1.21 bits per heavy atom. The highest BCUT2D eigenvalue weighted by atomic mass is 16.6. The summed E-state index contributed by atoms with van der Waals surface area (Å²) in [5.74, 6) is -1.66. The molecule has 2 aromatic rings. The lowest BCUT2D eigenvalue weighted by Gasteiger charge is -2.11. The number of carbonyl (C=O) groups excluding carboxylic acids is 3. The molecule has 0 aliphatic heterocycles. The molecule has 1 aromatic heterocycles. The van der Waals surface area contributed by atoms with Crippen molar-refractivity contribution in [1.82, 2.24) is 0 Å². The maximum Gasteiger partial charge on any atom is 0.433 e. The summed E-state index contributed by atoms with van der Waals surface area (Å²) in [5.41, 5.74) is 0.893. The molecule has 0 aliphatic rings. The first-order chi connectivity index (χ1) is 13.8. The number of hydrogen-bond donors (Lipinski definition) is 1. The summed E-state index contributed by atoms with van der Waals surface area (Å²) >= 11 is 0. The van der Waals surface area contributed by atoms with Crippen LogP contribution in [0.5, 0.6) is 0 Å². The van der Waals surface area contributed by atoms with Gasteiger partial charge in [-0.05, 0) is 49.8 Å². The molecule has 152 valence electrons. The molecule has 0 aliphatic carbocycles. The zero-order valence-corrected chi connectivity index (χ0v) is 15.9. The highest BCUT2D eigenvalue weighted by Crippen LogP contribution is 2.17. The molecule has 1 amide bonds. The fraction of sp³-hybridized carbons (Fsp3) is 0.250. The fourth-order valence-electron chi connectivity index (χ4n) is 2.35. The van der Waals surface area contributed by atoms with E-state index in [1.54, 1.807) is 12.1 Å². The van der Waals surface area contributed by atoms with Crippen LogP contribution in [0.25, 0.3) is 6.08 Å². The van der Waals surface area contributed by atoms with E-state index in [1.165, 1.54) is 31.2 Å². The Kier molecular flexibility index (Phi) is 7.41. The number of carbonyl (C=O) groups is 3. The third-order valence-electron chi connectivity index (χ3n) is 3.77. The molecule has 0 spiro atoms. The topological polar surface area (TPSA) is 129 Å². The van der Waals surface area contributed by atoms with Crippen molar-refractivity contribution in [3.05, 3.63) is 63.9 Å². The zero-order chi connectivity index (χ0) is 21.4. The van der Waals surface area contributed by atoms with Crippen molar-refractivity contribution < 1.29 is 28.5 Å². The second kappa shape index (κ2) is 9.98. The smallest absolute Gasteiger partial charge is 0.433 e. The standard InChI is InChI=1S/C20H20N2O7/c1-3-4-17(23)21-15-7-5-14(6-8-15)20(25)13(2)28-19(24)12-10-16-9-11-18(29-16)22(26)27/h5-13H,3-4H2,1-2H3,(H,21,23)/b12-10+/t13-/m1/s1. The van der Waals surface area contributed by atoms with E-state index < -0.39 is 28.7 Å². The van der Waals surface area contributed by atoms with E-state index in [4.69, 9.17) is 9.15 Å². The van der Waals surface area contributed by atoms with Crippen molar-refractivity contribution in [1.29, 1.82) is 0 Å². The number of ether oxygens (including phenoxy) is 1. The summed E-state index contributed by atoms with van der Waals surface area (Å²) in [6, 6.07) is 8.75. The Hall–Kier alpha value is -3.75. The summed E-state index contributed by atoms with van der Waals surface area (Å²) in [6.07, 6.45) is 2.32. The van der Waals surface area contributed by atoms with Crippen LogP contribution < -0.4 is 5.32 Å².